The first-order valence-electron chi connectivity index (χ1n) is 6.71. The van der Waals surface area contributed by atoms with E-state index in [2.05, 4.69) is 10.1 Å². The first-order chi connectivity index (χ1) is 10.2. The van der Waals surface area contributed by atoms with Crippen LogP contribution in [-0.4, -0.2) is 32.6 Å². The second kappa shape index (κ2) is 5.66. The van der Waals surface area contributed by atoms with Crippen molar-refractivity contribution in [3.63, 3.8) is 0 Å². The number of hydrogen-bond acceptors (Lipinski definition) is 2. The van der Waals surface area contributed by atoms with Crippen LogP contribution >= 0.6 is 0 Å². The number of nitrogens with zero attached hydrogens (tertiary/aromatic N) is 3. The smallest absolute Gasteiger partial charge is 0.255 e. The number of amides is 1. The summed E-state index contributed by atoms with van der Waals surface area (Å²) in [6, 6.07) is 11.7. The van der Waals surface area contributed by atoms with Crippen LogP contribution in [0.2, 0.25) is 0 Å². The lowest BCUT2D eigenvalue weighted by atomic mass is 10.2. The van der Waals surface area contributed by atoms with E-state index in [9.17, 15) is 4.79 Å². The molecule has 0 bridgehead atoms. The highest BCUT2D eigenvalue weighted by Crippen LogP contribution is 2.11. The molecule has 0 aliphatic carbocycles. The van der Waals surface area contributed by atoms with Crippen LogP contribution in [0.5, 0.6) is 0 Å². The molecule has 0 atom stereocenters. The van der Waals surface area contributed by atoms with Crippen molar-refractivity contribution in [2.75, 3.05) is 7.05 Å². The topological polar surface area (TPSA) is 53.9 Å². The summed E-state index contributed by atoms with van der Waals surface area (Å²) in [5, 5.41) is 4.19. The van der Waals surface area contributed by atoms with Crippen LogP contribution in [0.15, 0.2) is 61.2 Å². The molecule has 3 rings (SSSR count). The van der Waals surface area contributed by atoms with Crippen molar-refractivity contribution in [3.05, 3.63) is 72.3 Å². The van der Waals surface area contributed by atoms with Crippen LogP contribution in [0, 0.1) is 0 Å². The molecule has 1 amide bonds. The highest BCUT2D eigenvalue weighted by atomic mass is 16.2. The van der Waals surface area contributed by atoms with E-state index in [1.165, 1.54) is 0 Å². The third kappa shape index (κ3) is 2.86. The average Bonchev–Trinajstić information content (AvgIpc) is 3.20. The van der Waals surface area contributed by atoms with Crippen LogP contribution in [0.1, 0.15) is 15.9 Å². The Balaban J connectivity index is 1.69. The molecule has 106 valence electrons. The van der Waals surface area contributed by atoms with E-state index < -0.39 is 0 Å². The number of nitrogens with one attached hydrogen (secondary N) is 1. The van der Waals surface area contributed by atoms with Crippen LogP contribution < -0.4 is 0 Å². The second-order valence-electron chi connectivity index (χ2n) is 4.88. The fourth-order valence-electron chi connectivity index (χ4n) is 2.20. The van der Waals surface area contributed by atoms with Crippen LogP contribution in [0.25, 0.3) is 5.69 Å². The molecule has 0 aliphatic rings. The Kier molecular flexibility index (Phi) is 3.55. The summed E-state index contributed by atoms with van der Waals surface area (Å²) in [6.07, 6.45) is 7.10. The summed E-state index contributed by atoms with van der Waals surface area (Å²) in [5.74, 6) is 0.00685. The number of aromatic nitrogens is 3. The van der Waals surface area contributed by atoms with Crippen molar-refractivity contribution >= 4 is 5.91 Å². The molecule has 0 saturated carbocycles. The normalized spacial score (nSPS) is 10.5. The molecule has 2 heterocycles. The van der Waals surface area contributed by atoms with Crippen molar-refractivity contribution in [3.8, 4) is 5.69 Å². The monoisotopic (exact) mass is 280 g/mol. The predicted molar refractivity (Wildman–Crippen MR) is 80.2 cm³/mol. The summed E-state index contributed by atoms with van der Waals surface area (Å²) in [4.78, 5) is 16.8. The molecule has 5 heteroatoms. The van der Waals surface area contributed by atoms with Gasteiger partial charge >= 0.3 is 0 Å². The maximum atomic E-state index is 12.2. The zero-order valence-electron chi connectivity index (χ0n) is 11.7. The van der Waals surface area contributed by atoms with Gasteiger partial charge in [-0.3, -0.25) is 4.79 Å². The number of aromatic amines is 1. The zero-order chi connectivity index (χ0) is 14.7. The first-order valence-corrected chi connectivity index (χ1v) is 6.71. The lowest BCUT2D eigenvalue weighted by Gasteiger charge is -2.16. The molecule has 0 spiro atoms. The first kappa shape index (κ1) is 13.2. The summed E-state index contributed by atoms with van der Waals surface area (Å²) < 4.78 is 1.80. The van der Waals surface area contributed by atoms with E-state index >= 15 is 0 Å². The molecule has 5 nitrogen and oxygen atoms in total. The Labute approximate surface area is 122 Å². The van der Waals surface area contributed by atoms with Crippen LogP contribution in [-0.2, 0) is 6.54 Å². The minimum atomic E-state index is 0.00685. The van der Waals surface area contributed by atoms with E-state index in [0.29, 0.717) is 12.1 Å². The molecule has 21 heavy (non-hydrogen) atoms. The quantitative estimate of drug-likeness (QED) is 0.798. The number of H-pyrrole nitrogens is 1. The van der Waals surface area contributed by atoms with Gasteiger partial charge < -0.3 is 9.88 Å². The van der Waals surface area contributed by atoms with Crippen molar-refractivity contribution in [2.24, 2.45) is 0 Å². The lowest BCUT2D eigenvalue weighted by Crippen LogP contribution is -2.25. The van der Waals surface area contributed by atoms with Gasteiger partial charge in [0.2, 0.25) is 0 Å². The number of benzene rings is 1. The van der Waals surface area contributed by atoms with Gasteiger partial charge in [0.25, 0.3) is 5.91 Å². The third-order valence-corrected chi connectivity index (χ3v) is 3.32. The van der Waals surface area contributed by atoms with Gasteiger partial charge in [-0.15, -0.1) is 0 Å². The molecule has 0 unspecified atom stereocenters. The number of carbonyl (C=O) groups is 1. The van der Waals surface area contributed by atoms with Crippen molar-refractivity contribution in [2.45, 2.75) is 6.54 Å². The summed E-state index contributed by atoms with van der Waals surface area (Å²) in [6.45, 7) is 0.573. The fraction of sp³-hybridized carbons (Fsp3) is 0.125. The maximum absolute atomic E-state index is 12.2. The van der Waals surface area contributed by atoms with Gasteiger partial charge in [-0.05, 0) is 29.8 Å². The van der Waals surface area contributed by atoms with Gasteiger partial charge in [-0.1, -0.05) is 12.1 Å². The Morgan fingerprint density at radius 3 is 2.71 bits per heavy atom. The van der Waals surface area contributed by atoms with Crippen molar-refractivity contribution in [1.82, 2.24) is 19.7 Å². The Hall–Kier alpha value is -2.82. The summed E-state index contributed by atoms with van der Waals surface area (Å²) in [7, 11) is 1.80. The molecule has 2 aromatic heterocycles. The Bertz CT molecular complexity index is 699. The van der Waals surface area contributed by atoms with Crippen LogP contribution in [0.3, 0.4) is 0 Å². The molecule has 3 aromatic rings. The largest absolute Gasteiger partial charge is 0.367 e. The van der Waals surface area contributed by atoms with Gasteiger partial charge in [-0.25, -0.2) is 4.68 Å². The standard InChI is InChI=1S/C16H16N4O/c1-19(16(21)14-7-9-17-11-14)12-13-3-5-15(6-4-13)20-10-2-8-18-20/h2-11,17H,12H2,1H3. The van der Waals surface area contributed by atoms with E-state index in [4.69, 9.17) is 0 Å². The summed E-state index contributed by atoms with van der Waals surface area (Å²) >= 11 is 0. The Morgan fingerprint density at radius 2 is 2.10 bits per heavy atom. The molecule has 1 aromatic carbocycles. The van der Waals surface area contributed by atoms with Gasteiger partial charge in [-0.2, -0.15) is 5.10 Å². The molecular formula is C16H16N4O. The lowest BCUT2D eigenvalue weighted by molar-refractivity contribution is 0.0785. The average molecular weight is 280 g/mol. The van der Waals surface area contributed by atoms with E-state index in [0.717, 1.165) is 11.3 Å². The highest BCUT2D eigenvalue weighted by Gasteiger charge is 2.12. The van der Waals surface area contributed by atoms with Crippen LogP contribution in [0.4, 0.5) is 0 Å². The Morgan fingerprint density at radius 1 is 1.29 bits per heavy atom. The predicted octanol–water partition coefficient (Wildman–Crippen LogP) is 2.47. The highest BCUT2D eigenvalue weighted by molar-refractivity contribution is 5.93. The van der Waals surface area contributed by atoms with Gasteiger partial charge in [0.1, 0.15) is 0 Å². The van der Waals surface area contributed by atoms with Crippen molar-refractivity contribution in [1.29, 1.82) is 0 Å². The SMILES string of the molecule is CN(Cc1ccc(-n2cccn2)cc1)C(=O)c1cc[nH]c1. The zero-order valence-corrected chi connectivity index (χ0v) is 11.7. The molecule has 1 N–H and O–H groups in total. The van der Waals surface area contributed by atoms with Gasteiger partial charge in [0.15, 0.2) is 0 Å². The third-order valence-electron chi connectivity index (χ3n) is 3.32. The van der Waals surface area contributed by atoms with E-state index in [-0.39, 0.29) is 5.91 Å². The number of hydrogen-bond donors (Lipinski definition) is 1. The number of carbonyl (C=O) groups excluding carboxylic acids is 1. The minimum Gasteiger partial charge on any atom is -0.367 e. The fourth-order valence-corrected chi connectivity index (χ4v) is 2.20. The summed E-state index contributed by atoms with van der Waals surface area (Å²) in [5.41, 5.74) is 2.76. The van der Waals surface area contributed by atoms with Crippen molar-refractivity contribution < 1.29 is 4.79 Å². The number of rotatable bonds is 4. The minimum absolute atomic E-state index is 0.00685. The van der Waals surface area contributed by atoms with E-state index in [1.807, 2.05) is 36.5 Å². The van der Waals surface area contributed by atoms with E-state index in [1.54, 1.807) is 41.3 Å². The molecule has 0 aliphatic heterocycles. The molecule has 0 saturated heterocycles. The molecule has 0 fully saturated rings. The second-order valence-corrected chi connectivity index (χ2v) is 4.88. The molecular weight excluding hydrogens is 264 g/mol. The maximum Gasteiger partial charge on any atom is 0.255 e. The van der Waals surface area contributed by atoms with Gasteiger partial charge in [0, 0.05) is 38.4 Å². The van der Waals surface area contributed by atoms with Gasteiger partial charge in [0.05, 0.1) is 11.3 Å². The molecule has 0 radical (unpaired) electrons.